The first-order chi connectivity index (χ1) is 12.7. The van der Waals surface area contributed by atoms with Crippen LogP contribution in [-0.2, 0) is 0 Å². The Morgan fingerprint density at radius 2 is 1.37 bits per heavy atom. The molecule has 7 atom stereocenters. The van der Waals surface area contributed by atoms with Crippen LogP contribution in [0.4, 0.5) is 0 Å². The predicted octanol–water partition coefficient (Wildman–Crippen LogP) is 8.91. The van der Waals surface area contributed by atoms with E-state index in [1.807, 2.05) is 0 Å². The van der Waals surface area contributed by atoms with Gasteiger partial charge in [0.15, 0.2) is 0 Å². The van der Waals surface area contributed by atoms with Crippen molar-refractivity contribution < 1.29 is 0 Å². The first-order valence-electron chi connectivity index (χ1n) is 12.2. The van der Waals surface area contributed by atoms with Gasteiger partial charge in [-0.05, 0) is 97.2 Å². The highest BCUT2D eigenvalue weighted by atomic mass is 14.7. The van der Waals surface area contributed by atoms with Gasteiger partial charge in [-0.3, -0.25) is 0 Å². The van der Waals surface area contributed by atoms with Gasteiger partial charge in [0.2, 0.25) is 0 Å². The van der Waals surface area contributed by atoms with E-state index in [1.54, 1.807) is 19.3 Å². The topological polar surface area (TPSA) is 0 Å². The molecule has 4 aliphatic rings. The van der Waals surface area contributed by atoms with Crippen molar-refractivity contribution in [1.29, 1.82) is 0 Å². The van der Waals surface area contributed by atoms with E-state index in [4.69, 9.17) is 0 Å². The standard InChI is InChI=1S/C22H38.C3H8.C2H4/c1-15-8-12-21(4)16(14-15)6-7-17-18(21)10-13-22(5)19(17)9-11-20(22,2)3;1-3-2;1-2/h15-19H,6-14H2,1-5H3;3H2,1-2H3;1-2H2/t15-,16?,17?,18?,19?,21?,22?;;/m1../s1. The van der Waals surface area contributed by atoms with E-state index in [0.717, 1.165) is 29.6 Å². The molecule has 0 aromatic carbocycles. The van der Waals surface area contributed by atoms with E-state index in [0.29, 0.717) is 16.2 Å². The molecule has 4 saturated carbocycles. The molecule has 0 spiro atoms. The number of hydrogen-bond acceptors (Lipinski definition) is 0. The first-order valence-corrected chi connectivity index (χ1v) is 12.2. The fourth-order valence-electron chi connectivity index (χ4n) is 7.97. The van der Waals surface area contributed by atoms with Crippen molar-refractivity contribution in [2.45, 2.75) is 113 Å². The summed E-state index contributed by atoms with van der Waals surface area (Å²) >= 11 is 0. The molecule has 4 fully saturated rings. The lowest BCUT2D eigenvalue weighted by Crippen LogP contribution is -2.54. The molecule has 4 aliphatic carbocycles. The van der Waals surface area contributed by atoms with E-state index in [9.17, 15) is 0 Å². The van der Waals surface area contributed by atoms with Gasteiger partial charge in [0.05, 0.1) is 0 Å². The molecular formula is C27H50. The summed E-state index contributed by atoms with van der Waals surface area (Å²) in [5.41, 5.74) is 1.92. The molecule has 0 heterocycles. The summed E-state index contributed by atoms with van der Waals surface area (Å²) in [6.07, 6.45) is 15.0. The van der Waals surface area contributed by atoms with Crippen LogP contribution in [0.15, 0.2) is 13.2 Å². The van der Waals surface area contributed by atoms with E-state index in [1.165, 1.54) is 44.9 Å². The summed E-state index contributed by atoms with van der Waals surface area (Å²) < 4.78 is 0. The van der Waals surface area contributed by atoms with Crippen LogP contribution in [0.1, 0.15) is 113 Å². The smallest absolute Gasteiger partial charge is 0.0243 e. The minimum Gasteiger partial charge on any atom is -0.106 e. The molecule has 6 unspecified atom stereocenters. The van der Waals surface area contributed by atoms with Gasteiger partial charge in [-0.15, -0.1) is 13.2 Å². The molecule has 0 N–H and O–H groups in total. The van der Waals surface area contributed by atoms with Crippen LogP contribution in [0.25, 0.3) is 0 Å². The van der Waals surface area contributed by atoms with Crippen LogP contribution < -0.4 is 0 Å². The quantitative estimate of drug-likeness (QED) is 0.371. The Hall–Kier alpha value is -0.260. The average Bonchev–Trinajstić information content (AvgIpc) is 2.88. The summed E-state index contributed by atoms with van der Waals surface area (Å²) in [7, 11) is 0. The molecule has 0 nitrogen and oxygen atoms in total. The van der Waals surface area contributed by atoms with Crippen molar-refractivity contribution in [3.63, 3.8) is 0 Å². The van der Waals surface area contributed by atoms with Gasteiger partial charge in [0, 0.05) is 0 Å². The lowest BCUT2D eigenvalue weighted by Gasteiger charge is -2.62. The second-order valence-corrected chi connectivity index (χ2v) is 11.6. The predicted molar refractivity (Wildman–Crippen MR) is 122 cm³/mol. The molecule has 27 heavy (non-hydrogen) atoms. The summed E-state index contributed by atoms with van der Waals surface area (Å²) in [5.74, 6) is 5.21. The van der Waals surface area contributed by atoms with Gasteiger partial charge in [0.25, 0.3) is 0 Å². The maximum absolute atomic E-state index is 3.00. The van der Waals surface area contributed by atoms with E-state index in [2.05, 4.69) is 61.6 Å². The highest BCUT2D eigenvalue weighted by Crippen LogP contribution is 2.70. The van der Waals surface area contributed by atoms with Crippen molar-refractivity contribution in [2.75, 3.05) is 0 Å². The highest BCUT2D eigenvalue weighted by molar-refractivity contribution is 5.11. The maximum atomic E-state index is 3.00. The maximum Gasteiger partial charge on any atom is -0.0243 e. The Balaban J connectivity index is 0.000000478. The van der Waals surface area contributed by atoms with Gasteiger partial charge >= 0.3 is 0 Å². The van der Waals surface area contributed by atoms with Crippen LogP contribution >= 0.6 is 0 Å². The molecule has 0 heteroatoms. The number of hydrogen-bond donors (Lipinski definition) is 0. The highest BCUT2D eigenvalue weighted by Gasteiger charge is 2.61. The van der Waals surface area contributed by atoms with Gasteiger partial charge in [-0.1, -0.05) is 61.3 Å². The van der Waals surface area contributed by atoms with Crippen LogP contribution in [0, 0.1) is 45.8 Å². The Labute approximate surface area is 172 Å². The molecule has 0 radical (unpaired) electrons. The van der Waals surface area contributed by atoms with Crippen LogP contribution in [-0.4, -0.2) is 0 Å². The Morgan fingerprint density at radius 1 is 0.778 bits per heavy atom. The lowest BCUT2D eigenvalue weighted by atomic mass is 9.43. The van der Waals surface area contributed by atoms with Crippen molar-refractivity contribution in [1.82, 2.24) is 0 Å². The second kappa shape index (κ2) is 8.62. The average molecular weight is 375 g/mol. The van der Waals surface area contributed by atoms with Gasteiger partial charge < -0.3 is 0 Å². The summed E-state index contributed by atoms with van der Waals surface area (Å²) in [4.78, 5) is 0. The molecular weight excluding hydrogens is 324 g/mol. The molecule has 0 aromatic heterocycles. The Kier molecular flexibility index (Phi) is 7.35. The van der Waals surface area contributed by atoms with Crippen LogP contribution in [0.3, 0.4) is 0 Å². The van der Waals surface area contributed by atoms with Crippen molar-refractivity contribution in [3.05, 3.63) is 13.2 Å². The van der Waals surface area contributed by atoms with Gasteiger partial charge in [-0.2, -0.15) is 0 Å². The summed E-state index contributed by atoms with van der Waals surface area (Å²) in [6.45, 7) is 23.3. The molecule has 0 saturated heterocycles. The minimum atomic E-state index is 0.585. The monoisotopic (exact) mass is 374 g/mol. The number of rotatable bonds is 0. The lowest BCUT2D eigenvalue weighted by molar-refractivity contribution is -0.126. The van der Waals surface area contributed by atoms with Gasteiger partial charge in [0.1, 0.15) is 0 Å². The molecule has 4 rings (SSSR count). The van der Waals surface area contributed by atoms with E-state index >= 15 is 0 Å². The number of fused-ring (bicyclic) bond motifs is 5. The van der Waals surface area contributed by atoms with E-state index < -0.39 is 0 Å². The third kappa shape index (κ3) is 3.81. The first kappa shape index (κ1) is 23.0. The molecule has 0 bridgehead atoms. The molecule has 0 amide bonds. The normalized spacial score (nSPS) is 47.1. The third-order valence-corrected chi connectivity index (χ3v) is 9.94. The molecule has 0 aliphatic heterocycles. The fraction of sp³-hybridized carbons (Fsp3) is 0.926. The zero-order valence-electron chi connectivity index (χ0n) is 19.9. The Morgan fingerprint density at radius 3 is 2.00 bits per heavy atom. The minimum absolute atomic E-state index is 0.585. The molecule has 158 valence electrons. The van der Waals surface area contributed by atoms with Crippen LogP contribution in [0.5, 0.6) is 0 Å². The zero-order chi connectivity index (χ0) is 20.5. The molecule has 0 aromatic rings. The second-order valence-electron chi connectivity index (χ2n) is 11.6. The van der Waals surface area contributed by atoms with Crippen molar-refractivity contribution in [2.24, 2.45) is 45.8 Å². The van der Waals surface area contributed by atoms with Crippen molar-refractivity contribution >= 4 is 0 Å². The fourth-order valence-corrected chi connectivity index (χ4v) is 7.97. The summed E-state index contributed by atoms with van der Waals surface area (Å²) in [6, 6.07) is 0. The van der Waals surface area contributed by atoms with Crippen LogP contribution in [0.2, 0.25) is 0 Å². The van der Waals surface area contributed by atoms with E-state index in [-0.39, 0.29) is 0 Å². The third-order valence-electron chi connectivity index (χ3n) is 9.94. The zero-order valence-corrected chi connectivity index (χ0v) is 19.9. The SMILES string of the molecule is C=C.CCC.C[C@@H]1CCC2(C)C(CCC3C2CCC2(C)C3CCC2(C)C)C1. The van der Waals surface area contributed by atoms with Gasteiger partial charge in [-0.25, -0.2) is 0 Å². The summed E-state index contributed by atoms with van der Waals surface area (Å²) in [5, 5.41) is 0. The van der Waals surface area contributed by atoms with Crippen molar-refractivity contribution in [3.8, 4) is 0 Å². The largest absolute Gasteiger partial charge is 0.106 e. The Bertz CT molecular complexity index is 476.